The molecule has 0 atom stereocenters. The summed E-state index contributed by atoms with van der Waals surface area (Å²) in [5.41, 5.74) is 1.37. The van der Waals surface area contributed by atoms with E-state index in [1.165, 1.54) is 22.9 Å². The van der Waals surface area contributed by atoms with Gasteiger partial charge in [-0.3, -0.25) is 19.6 Å². The maximum absolute atomic E-state index is 11.0. The molecule has 0 bridgehead atoms. The Morgan fingerprint density at radius 1 is 1.52 bits per heavy atom. The van der Waals surface area contributed by atoms with Crippen LogP contribution in [-0.2, 0) is 13.7 Å². The molecule has 1 aromatic carbocycles. The second-order valence-corrected chi connectivity index (χ2v) is 4.72. The molecule has 0 radical (unpaired) electrons. The van der Waals surface area contributed by atoms with E-state index in [2.05, 4.69) is 5.10 Å². The third-order valence-corrected chi connectivity index (χ3v) is 3.45. The van der Waals surface area contributed by atoms with Crippen molar-refractivity contribution in [3.63, 3.8) is 0 Å². The Morgan fingerprint density at radius 3 is 2.76 bits per heavy atom. The smallest absolute Gasteiger partial charge is 0.270 e. The van der Waals surface area contributed by atoms with Gasteiger partial charge in [-0.05, 0) is 13.0 Å². The molecule has 0 saturated heterocycles. The van der Waals surface area contributed by atoms with Crippen molar-refractivity contribution < 1.29 is 14.5 Å². The second-order valence-electron chi connectivity index (χ2n) is 4.36. The summed E-state index contributed by atoms with van der Waals surface area (Å²) in [7, 11) is 1.71. The van der Waals surface area contributed by atoms with Crippen LogP contribution >= 0.6 is 11.6 Å². The third kappa shape index (κ3) is 3.03. The van der Waals surface area contributed by atoms with E-state index < -0.39 is 4.92 Å². The second kappa shape index (κ2) is 5.92. The number of ether oxygens (including phenoxy) is 1. The number of nitrogens with zero attached hydrogens (tertiary/aromatic N) is 3. The van der Waals surface area contributed by atoms with Crippen LogP contribution < -0.4 is 4.74 Å². The molecule has 0 aliphatic heterocycles. The highest BCUT2D eigenvalue weighted by atomic mass is 35.5. The average Bonchev–Trinajstić information content (AvgIpc) is 2.70. The lowest BCUT2D eigenvalue weighted by Gasteiger charge is -2.08. The number of aromatic nitrogens is 2. The van der Waals surface area contributed by atoms with Crippen LogP contribution in [-0.4, -0.2) is 21.0 Å². The molecular weight excluding hydrogens is 298 g/mol. The number of rotatable bonds is 5. The molecule has 0 N–H and O–H groups in total. The standard InChI is InChI=1S/C13H12ClN3O4/c1-8-11(13(14)16(2)15-8)7-21-12-4-3-10(17(19)20)5-9(12)6-18/h3-6H,7H2,1-2H3. The zero-order chi connectivity index (χ0) is 15.6. The molecule has 0 fully saturated rings. The molecule has 8 heteroatoms. The van der Waals surface area contributed by atoms with Gasteiger partial charge in [-0.2, -0.15) is 5.10 Å². The summed E-state index contributed by atoms with van der Waals surface area (Å²) in [6, 6.07) is 3.83. The minimum absolute atomic E-state index is 0.113. The van der Waals surface area contributed by atoms with Crippen molar-refractivity contribution in [1.82, 2.24) is 9.78 Å². The van der Waals surface area contributed by atoms with E-state index in [0.29, 0.717) is 17.0 Å². The number of hydrogen-bond acceptors (Lipinski definition) is 5. The number of benzene rings is 1. The minimum atomic E-state index is -0.571. The number of halogens is 1. The van der Waals surface area contributed by atoms with E-state index in [9.17, 15) is 14.9 Å². The normalized spacial score (nSPS) is 10.4. The monoisotopic (exact) mass is 309 g/mol. The summed E-state index contributed by atoms with van der Waals surface area (Å²) in [6.45, 7) is 1.91. The number of aryl methyl sites for hydroxylation is 2. The van der Waals surface area contributed by atoms with Crippen molar-refractivity contribution >= 4 is 23.6 Å². The van der Waals surface area contributed by atoms with E-state index in [4.69, 9.17) is 16.3 Å². The zero-order valence-corrected chi connectivity index (χ0v) is 12.1. The van der Waals surface area contributed by atoms with Crippen molar-refractivity contribution in [2.45, 2.75) is 13.5 Å². The first-order valence-electron chi connectivity index (χ1n) is 5.98. The number of carbonyl (C=O) groups is 1. The minimum Gasteiger partial charge on any atom is -0.488 e. The summed E-state index contributed by atoms with van der Waals surface area (Å²) in [4.78, 5) is 21.1. The average molecular weight is 310 g/mol. The fraction of sp³-hybridized carbons (Fsp3) is 0.231. The maximum atomic E-state index is 11.0. The van der Waals surface area contributed by atoms with Crippen LogP contribution in [0.15, 0.2) is 18.2 Å². The summed E-state index contributed by atoms with van der Waals surface area (Å²) in [6.07, 6.45) is 0.514. The lowest BCUT2D eigenvalue weighted by molar-refractivity contribution is -0.384. The molecule has 0 amide bonds. The highest BCUT2D eigenvalue weighted by molar-refractivity contribution is 6.30. The van der Waals surface area contributed by atoms with Gasteiger partial charge in [-0.25, -0.2) is 0 Å². The van der Waals surface area contributed by atoms with E-state index in [-0.39, 0.29) is 23.6 Å². The van der Waals surface area contributed by atoms with Crippen molar-refractivity contribution in [1.29, 1.82) is 0 Å². The lowest BCUT2D eigenvalue weighted by atomic mass is 10.2. The Balaban J connectivity index is 2.24. The van der Waals surface area contributed by atoms with Gasteiger partial charge < -0.3 is 4.74 Å². The van der Waals surface area contributed by atoms with Crippen LogP contribution in [0.2, 0.25) is 5.15 Å². The van der Waals surface area contributed by atoms with Crippen molar-refractivity contribution in [3.8, 4) is 5.75 Å². The Hall–Kier alpha value is -2.41. The molecule has 0 spiro atoms. The quantitative estimate of drug-likeness (QED) is 0.481. The molecule has 0 saturated carbocycles. The van der Waals surface area contributed by atoms with Crippen LogP contribution in [0.1, 0.15) is 21.6 Å². The van der Waals surface area contributed by atoms with Crippen molar-refractivity contribution in [3.05, 3.63) is 50.3 Å². The SMILES string of the molecule is Cc1nn(C)c(Cl)c1COc1ccc([N+](=O)[O-])cc1C=O. The van der Waals surface area contributed by atoms with Gasteiger partial charge in [0.2, 0.25) is 0 Å². The van der Waals surface area contributed by atoms with Crippen LogP contribution in [0.25, 0.3) is 0 Å². The molecule has 21 heavy (non-hydrogen) atoms. The van der Waals surface area contributed by atoms with E-state index in [1.807, 2.05) is 0 Å². The summed E-state index contributed by atoms with van der Waals surface area (Å²) >= 11 is 6.08. The fourth-order valence-corrected chi connectivity index (χ4v) is 2.09. The van der Waals surface area contributed by atoms with Gasteiger partial charge in [0.15, 0.2) is 6.29 Å². The number of non-ortho nitro benzene ring substituents is 1. The summed E-state index contributed by atoms with van der Waals surface area (Å²) in [5.74, 6) is 0.259. The number of carbonyl (C=O) groups excluding carboxylic acids is 1. The molecule has 0 unspecified atom stereocenters. The zero-order valence-electron chi connectivity index (χ0n) is 11.4. The van der Waals surface area contributed by atoms with E-state index >= 15 is 0 Å². The number of hydrogen-bond donors (Lipinski definition) is 0. The molecule has 110 valence electrons. The van der Waals surface area contributed by atoms with Gasteiger partial charge in [0.25, 0.3) is 5.69 Å². The molecule has 1 aromatic heterocycles. The molecular formula is C13H12ClN3O4. The third-order valence-electron chi connectivity index (χ3n) is 2.97. The summed E-state index contributed by atoms with van der Waals surface area (Å²) in [5, 5.41) is 15.3. The largest absolute Gasteiger partial charge is 0.488 e. The Kier molecular flexibility index (Phi) is 4.23. The van der Waals surface area contributed by atoms with Crippen LogP contribution in [0, 0.1) is 17.0 Å². The fourth-order valence-electron chi connectivity index (χ4n) is 1.86. The van der Waals surface area contributed by atoms with Crippen LogP contribution in [0.3, 0.4) is 0 Å². The first kappa shape index (κ1) is 15.0. The molecule has 7 nitrogen and oxygen atoms in total. The van der Waals surface area contributed by atoms with E-state index in [0.717, 1.165) is 5.69 Å². The van der Waals surface area contributed by atoms with Crippen LogP contribution in [0.5, 0.6) is 5.75 Å². The Labute approximate surface area is 125 Å². The number of aldehydes is 1. The molecule has 2 aromatic rings. The predicted octanol–water partition coefficient (Wildman–Crippen LogP) is 2.68. The number of nitro groups is 1. The first-order chi connectivity index (χ1) is 9.93. The van der Waals surface area contributed by atoms with Gasteiger partial charge in [0.1, 0.15) is 17.5 Å². The highest BCUT2D eigenvalue weighted by Crippen LogP contribution is 2.25. The molecule has 1 heterocycles. The van der Waals surface area contributed by atoms with Gasteiger partial charge in [-0.15, -0.1) is 0 Å². The molecule has 2 rings (SSSR count). The maximum Gasteiger partial charge on any atom is 0.270 e. The van der Waals surface area contributed by atoms with E-state index in [1.54, 1.807) is 14.0 Å². The van der Waals surface area contributed by atoms with Gasteiger partial charge >= 0.3 is 0 Å². The van der Waals surface area contributed by atoms with Gasteiger partial charge in [-0.1, -0.05) is 11.6 Å². The summed E-state index contributed by atoms with van der Waals surface area (Å²) < 4.78 is 7.05. The predicted molar refractivity (Wildman–Crippen MR) is 75.8 cm³/mol. The molecule has 0 aliphatic carbocycles. The molecule has 0 aliphatic rings. The lowest BCUT2D eigenvalue weighted by Crippen LogP contribution is -2.00. The van der Waals surface area contributed by atoms with Crippen molar-refractivity contribution in [2.24, 2.45) is 7.05 Å². The number of nitro benzene ring substituents is 1. The van der Waals surface area contributed by atoms with Crippen LogP contribution in [0.4, 0.5) is 5.69 Å². The topological polar surface area (TPSA) is 87.3 Å². The van der Waals surface area contributed by atoms with Crippen molar-refractivity contribution in [2.75, 3.05) is 0 Å². The highest BCUT2D eigenvalue weighted by Gasteiger charge is 2.15. The Bertz CT molecular complexity index is 712. The Morgan fingerprint density at radius 2 is 2.24 bits per heavy atom. The van der Waals surface area contributed by atoms with Gasteiger partial charge in [0, 0.05) is 24.7 Å². The van der Waals surface area contributed by atoms with Gasteiger partial charge in [0.05, 0.1) is 16.2 Å². The first-order valence-corrected chi connectivity index (χ1v) is 6.36.